The highest BCUT2D eigenvalue weighted by molar-refractivity contribution is 6.33. The predicted molar refractivity (Wildman–Crippen MR) is 90.2 cm³/mol. The van der Waals surface area contributed by atoms with Gasteiger partial charge in [0.25, 0.3) is 0 Å². The monoisotopic (exact) mass is 307 g/mol. The second kappa shape index (κ2) is 6.55. The van der Waals surface area contributed by atoms with Gasteiger partial charge in [0, 0.05) is 31.7 Å². The quantitative estimate of drug-likeness (QED) is 0.922. The van der Waals surface area contributed by atoms with E-state index in [4.69, 9.17) is 11.6 Å². The zero-order valence-corrected chi connectivity index (χ0v) is 13.9. The first-order valence-electron chi connectivity index (χ1n) is 8.19. The fourth-order valence-corrected chi connectivity index (χ4v) is 4.00. The molecule has 2 aliphatic rings. The molecule has 116 valence electrons. The van der Waals surface area contributed by atoms with Gasteiger partial charge in [0.1, 0.15) is 0 Å². The van der Waals surface area contributed by atoms with E-state index in [1.165, 1.54) is 37.2 Å². The van der Waals surface area contributed by atoms with Gasteiger partial charge < -0.3 is 10.2 Å². The Morgan fingerprint density at radius 2 is 2.19 bits per heavy atom. The first kappa shape index (κ1) is 15.1. The molecule has 2 aliphatic heterocycles. The smallest absolute Gasteiger partial charge is 0.0642 e. The second-order valence-electron chi connectivity index (χ2n) is 6.36. The van der Waals surface area contributed by atoms with Crippen LogP contribution in [0.4, 0.5) is 5.69 Å². The molecule has 21 heavy (non-hydrogen) atoms. The molecule has 1 N–H and O–H groups in total. The molecule has 0 amide bonds. The Balaban J connectivity index is 1.76. The topological polar surface area (TPSA) is 18.5 Å². The molecule has 3 rings (SSSR count). The summed E-state index contributed by atoms with van der Waals surface area (Å²) in [5.74, 6) is 0. The predicted octanol–water partition coefficient (Wildman–Crippen LogP) is 3.12. The van der Waals surface area contributed by atoms with Crippen LogP contribution in [0.25, 0.3) is 0 Å². The summed E-state index contributed by atoms with van der Waals surface area (Å²) in [5, 5.41) is 4.24. The molecule has 0 aliphatic carbocycles. The van der Waals surface area contributed by atoms with E-state index in [-0.39, 0.29) is 0 Å². The minimum atomic E-state index is 0.538. The molecular formula is C17H26ClN3. The van der Waals surface area contributed by atoms with Crippen molar-refractivity contribution in [2.45, 2.75) is 45.3 Å². The van der Waals surface area contributed by atoms with Gasteiger partial charge in [-0.2, -0.15) is 0 Å². The number of anilines is 1. The number of fused-ring (bicyclic) bond motifs is 1. The number of nitrogens with zero attached hydrogens (tertiary/aromatic N) is 2. The van der Waals surface area contributed by atoms with E-state index in [1.807, 2.05) is 0 Å². The van der Waals surface area contributed by atoms with Crippen molar-refractivity contribution < 1.29 is 0 Å². The van der Waals surface area contributed by atoms with Gasteiger partial charge in [0.2, 0.25) is 0 Å². The van der Waals surface area contributed by atoms with E-state index < -0.39 is 0 Å². The van der Waals surface area contributed by atoms with Crippen LogP contribution in [0, 0.1) is 0 Å². The van der Waals surface area contributed by atoms with Crippen LogP contribution in [0.15, 0.2) is 18.2 Å². The van der Waals surface area contributed by atoms with Crippen LogP contribution in [-0.2, 0) is 6.54 Å². The summed E-state index contributed by atoms with van der Waals surface area (Å²) < 4.78 is 0. The molecule has 4 heteroatoms. The van der Waals surface area contributed by atoms with Gasteiger partial charge in [0.15, 0.2) is 0 Å². The third kappa shape index (κ3) is 3.20. The fourth-order valence-electron chi connectivity index (χ4n) is 3.69. The first-order chi connectivity index (χ1) is 10.2. The van der Waals surface area contributed by atoms with Crippen molar-refractivity contribution in [3.8, 4) is 0 Å². The number of benzene rings is 1. The lowest BCUT2D eigenvalue weighted by Gasteiger charge is -2.44. The molecule has 1 aromatic carbocycles. The van der Waals surface area contributed by atoms with Gasteiger partial charge >= 0.3 is 0 Å². The number of hydrogen-bond acceptors (Lipinski definition) is 3. The Hall–Kier alpha value is -0.770. The lowest BCUT2D eigenvalue weighted by Crippen LogP contribution is -2.55. The van der Waals surface area contributed by atoms with E-state index in [9.17, 15) is 0 Å². The Morgan fingerprint density at radius 3 is 2.95 bits per heavy atom. The molecule has 0 radical (unpaired) electrons. The van der Waals surface area contributed by atoms with Crippen LogP contribution >= 0.6 is 11.6 Å². The number of piperazine rings is 1. The molecular weight excluding hydrogens is 282 g/mol. The van der Waals surface area contributed by atoms with Gasteiger partial charge in [-0.3, -0.25) is 4.90 Å². The minimum absolute atomic E-state index is 0.538. The molecule has 0 saturated carbocycles. The van der Waals surface area contributed by atoms with Gasteiger partial charge in [-0.25, -0.2) is 0 Å². The van der Waals surface area contributed by atoms with Crippen molar-refractivity contribution >= 4 is 17.3 Å². The third-order valence-corrected chi connectivity index (χ3v) is 5.14. The van der Waals surface area contributed by atoms with E-state index in [1.54, 1.807) is 0 Å². The SMILES string of the molecule is CCNCc1ccc(N2CC3CCCN3CC2C)c(Cl)c1. The summed E-state index contributed by atoms with van der Waals surface area (Å²) in [6.45, 7) is 9.88. The second-order valence-corrected chi connectivity index (χ2v) is 6.77. The van der Waals surface area contributed by atoms with Crippen LogP contribution in [0.5, 0.6) is 0 Å². The molecule has 3 nitrogen and oxygen atoms in total. The molecule has 2 atom stereocenters. The normalized spacial score (nSPS) is 26.1. The zero-order chi connectivity index (χ0) is 14.8. The largest absolute Gasteiger partial charge is 0.365 e. The average Bonchev–Trinajstić information content (AvgIpc) is 2.91. The van der Waals surface area contributed by atoms with Crippen molar-refractivity contribution in [1.29, 1.82) is 0 Å². The fraction of sp³-hybridized carbons (Fsp3) is 0.647. The van der Waals surface area contributed by atoms with Crippen molar-refractivity contribution in [3.63, 3.8) is 0 Å². The maximum Gasteiger partial charge on any atom is 0.0642 e. The molecule has 2 unspecified atom stereocenters. The highest BCUT2D eigenvalue weighted by atomic mass is 35.5. The Labute approximate surface area is 133 Å². The third-order valence-electron chi connectivity index (χ3n) is 4.84. The van der Waals surface area contributed by atoms with E-state index >= 15 is 0 Å². The van der Waals surface area contributed by atoms with Crippen molar-refractivity contribution in [1.82, 2.24) is 10.2 Å². The Kier molecular flexibility index (Phi) is 4.72. The van der Waals surface area contributed by atoms with Gasteiger partial charge in [-0.15, -0.1) is 0 Å². The summed E-state index contributed by atoms with van der Waals surface area (Å²) in [7, 11) is 0. The highest BCUT2D eigenvalue weighted by Gasteiger charge is 2.34. The van der Waals surface area contributed by atoms with Crippen LogP contribution < -0.4 is 10.2 Å². The van der Waals surface area contributed by atoms with Crippen LogP contribution in [0.1, 0.15) is 32.3 Å². The number of hydrogen-bond donors (Lipinski definition) is 1. The van der Waals surface area contributed by atoms with Crippen molar-refractivity contribution in [2.24, 2.45) is 0 Å². The maximum atomic E-state index is 6.57. The summed E-state index contributed by atoms with van der Waals surface area (Å²) in [6, 6.07) is 7.79. The van der Waals surface area contributed by atoms with E-state index in [0.717, 1.165) is 30.7 Å². The van der Waals surface area contributed by atoms with Gasteiger partial charge in [-0.1, -0.05) is 24.6 Å². The lowest BCUT2D eigenvalue weighted by molar-refractivity contribution is 0.203. The average molecular weight is 308 g/mol. The zero-order valence-electron chi connectivity index (χ0n) is 13.1. The van der Waals surface area contributed by atoms with E-state index in [0.29, 0.717) is 6.04 Å². The summed E-state index contributed by atoms with van der Waals surface area (Å²) >= 11 is 6.57. The van der Waals surface area contributed by atoms with Crippen LogP contribution in [-0.4, -0.2) is 43.2 Å². The highest BCUT2D eigenvalue weighted by Crippen LogP contribution is 2.33. The summed E-state index contributed by atoms with van der Waals surface area (Å²) in [5.41, 5.74) is 2.47. The Morgan fingerprint density at radius 1 is 1.33 bits per heavy atom. The standard InChI is InChI=1S/C17H26ClN3/c1-3-19-10-14-6-7-17(16(18)9-14)21-12-15-5-4-8-20(15)11-13(21)2/h6-7,9,13,15,19H,3-5,8,10-12H2,1-2H3. The van der Waals surface area contributed by atoms with Gasteiger partial charge in [-0.05, 0) is 50.6 Å². The Bertz CT molecular complexity index is 491. The summed E-state index contributed by atoms with van der Waals surface area (Å²) in [6.07, 6.45) is 2.68. The maximum absolute atomic E-state index is 6.57. The molecule has 2 fully saturated rings. The van der Waals surface area contributed by atoms with Crippen molar-refractivity contribution in [3.05, 3.63) is 28.8 Å². The molecule has 1 aromatic rings. The molecule has 2 heterocycles. The summed E-state index contributed by atoms with van der Waals surface area (Å²) in [4.78, 5) is 5.15. The molecule has 0 aromatic heterocycles. The lowest BCUT2D eigenvalue weighted by atomic mass is 10.1. The number of nitrogens with one attached hydrogen (secondary N) is 1. The number of halogens is 1. The first-order valence-corrected chi connectivity index (χ1v) is 8.56. The molecule has 0 spiro atoms. The minimum Gasteiger partial charge on any atom is -0.365 e. The van der Waals surface area contributed by atoms with E-state index in [2.05, 4.69) is 47.2 Å². The molecule has 2 saturated heterocycles. The molecule has 0 bridgehead atoms. The van der Waals surface area contributed by atoms with Crippen LogP contribution in [0.3, 0.4) is 0 Å². The van der Waals surface area contributed by atoms with Crippen LogP contribution in [0.2, 0.25) is 5.02 Å². The number of rotatable bonds is 4. The van der Waals surface area contributed by atoms with Crippen molar-refractivity contribution in [2.75, 3.05) is 31.1 Å². The van der Waals surface area contributed by atoms with Gasteiger partial charge in [0.05, 0.1) is 10.7 Å².